The van der Waals surface area contributed by atoms with Crippen LogP contribution < -0.4 is 10.1 Å². The maximum atomic E-state index is 12.7. The van der Waals surface area contributed by atoms with Gasteiger partial charge in [0.05, 0.1) is 6.10 Å². The Labute approximate surface area is 159 Å². The van der Waals surface area contributed by atoms with Crippen LogP contribution in [-0.4, -0.2) is 46.8 Å². The van der Waals surface area contributed by atoms with Crippen molar-refractivity contribution in [1.29, 1.82) is 0 Å². The molecular weight excluding hydrogens is 348 g/mol. The number of ether oxygens (including phenoxy) is 2. The van der Waals surface area contributed by atoms with Crippen LogP contribution in [0.4, 0.5) is 0 Å². The van der Waals surface area contributed by atoms with Gasteiger partial charge in [0.2, 0.25) is 5.88 Å². The first kappa shape index (κ1) is 19.6. The number of carboxylic acid groups (broad SMARTS) is 1. The van der Waals surface area contributed by atoms with Gasteiger partial charge in [-0.3, -0.25) is 4.79 Å². The average molecular weight is 376 g/mol. The highest BCUT2D eigenvalue weighted by Gasteiger charge is 2.37. The summed E-state index contributed by atoms with van der Waals surface area (Å²) < 4.78 is 11.5. The van der Waals surface area contributed by atoms with Gasteiger partial charge in [-0.2, -0.15) is 0 Å². The summed E-state index contributed by atoms with van der Waals surface area (Å²) in [5.74, 6) is -0.635. The standard InChI is InChI=1S/C20H28N2O5/c1-3-20(4-2,19(24)25)22-17(23)16-10-9-15(13-7-8-13)18(21-16)27-12-14-6-5-11-26-14/h9-10,13-14H,3-8,11-12H2,1-2H3,(H,22,23)(H,24,25). The molecule has 7 nitrogen and oxygen atoms in total. The Hall–Kier alpha value is -2.15. The van der Waals surface area contributed by atoms with E-state index in [-0.39, 0.29) is 11.8 Å². The van der Waals surface area contributed by atoms with Crippen molar-refractivity contribution in [3.05, 3.63) is 23.4 Å². The van der Waals surface area contributed by atoms with Crippen LogP contribution in [0, 0.1) is 0 Å². The summed E-state index contributed by atoms with van der Waals surface area (Å²) in [6.45, 7) is 4.67. The molecule has 1 saturated carbocycles. The summed E-state index contributed by atoms with van der Waals surface area (Å²) >= 11 is 0. The second-order valence-electron chi connectivity index (χ2n) is 7.36. The highest BCUT2D eigenvalue weighted by Crippen LogP contribution is 2.43. The lowest BCUT2D eigenvalue weighted by Crippen LogP contribution is -2.53. The molecule has 2 aliphatic rings. The van der Waals surface area contributed by atoms with E-state index in [9.17, 15) is 14.7 Å². The molecule has 0 aromatic carbocycles. The first-order valence-corrected chi connectivity index (χ1v) is 9.80. The number of hydrogen-bond donors (Lipinski definition) is 2. The molecule has 2 fully saturated rings. The van der Waals surface area contributed by atoms with Crippen LogP contribution in [0.2, 0.25) is 0 Å². The minimum Gasteiger partial charge on any atom is -0.480 e. The monoisotopic (exact) mass is 376 g/mol. The second kappa shape index (κ2) is 8.25. The normalized spacial score (nSPS) is 19.7. The summed E-state index contributed by atoms with van der Waals surface area (Å²) in [4.78, 5) is 28.7. The number of carbonyl (C=O) groups excluding carboxylic acids is 1. The zero-order valence-corrected chi connectivity index (χ0v) is 16.0. The third-order valence-electron chi connectivity index (χ3n) is 5.54. The first-order chi connectivity index (χ1) is 13.0. The van der Waals surface area contributed by atoms with Gasteiger partial charge < -0.3 is 19.9 Å². The van der Waals surface area contributed by atoms with E-state index in [4.69, 9.17) is 9.47 Å². The third kappa shape index (κ3) is 4.40. The van der Waals surface area contributed by atoms with E-state index in [0.29, 0.717) is 31.2 Å². The molecule has 1 saturated heterocycles. The number of nitrogens with zero attached hydrogens (tertiary/aromatic N) is 1. The minimum atomic E-state index is -1.29. The van der Waals surface area contributed by atoms with E-state index >= 15 is 0 Å². The van der Waals surface area contributed by atoms with Crippen LogP contribution >= 0.6 is 0 Å². The molecule has 0 bridgehead atoms. The fourth-order valence-corrected chi connectivity index (χ4v) is 3.41. The zero-order valence-electron chi connectivity index (χ0n) is 16.0. The number of hydrogen-bond acceptors (Lipinski definition) is 5. The maximum absolute atomic E-state index is 12.7. The molecule has 1 atom stereocenters. The van der Waals surface area contributed by atoms with Crippen molar-refractivity contribution < 1.29 is 24.2 Å². The predicted octanol–water partition coefficient (Wildman–Crippen LogP) is 2.89. The molecule has 27 heavy (non-hydrogen) atoms. The summed E-state index contributed by atoms with van der Waals surface area (Å²) in [5.41, 5.74) is -0.0959. The lowest BCUT2D eigenvalue weighted by molar-refractivity contribution is -0.144. The molecule has 0 spiro atoms. The smallest absolute Gasteiger partial charge is 0.329 e. The van der Waals surface area contributed by atoms with Crippen LogP contribution in [0.25, 0.3) is 0 Å². The Morgan fingerprint density at radius 1 is 1.30 bits per heavy atom. The largest absolute Gasteiger partial charge is 0.480 e. The highest BCUT2D eigenvalue weighted by molar-refractivity contribution is 5.96. The fraction of sp³-hybridized carbons (Fsp3) is 0.650. The molecule has 1 aliphatic heterocycles. The highest BCUT2D eigenvalue weighted by atomic mass is 16.5. The zero-order chi connectivity index (χ0) is 19.4. The third-order valence-corrected chi connectivity index (χ3v) is 5.54. The van der Waals surface area contributed by atoms with Gasteiger partial charge in [0.15, 0.2) is 0 Å². The topological polar surface area (TPSA) is 97.8 Å². The lowest BCUT2D eigenvalue weighted by Gasteiger charge is -2.28. The molecule has 1 aliphatic carbocycles. The minimum absolute atomic E-state index is 0.0659. The summed E-state index contributed by atoms with van der Waals surface area (Å²) in [6, 6.07) is 3.53. The predicted molar refractivity (Wildman–Crippen MR) is 99.1 cm³/mol. The molecule has 148 valence electrons. The molecule has 1 amide bonds. The van der Waals surface area contributed by atoms with Gasteiger partial charge in [-0.1, -0.05) is 19.9 Å². The molecule has 1 aromatic rings. The van der Waals surface area contributed by atoms with E-state index in [1.165, 1.54) is 0 Å². The molecule has 3 rings (SSSR count). The number of amides is 1. The van der Waals surface area contributed by atoms with Gasteiger partial charge in [-0.15, -0.1) is 0 Å². The van der Waals surface area contributed by atoms with E-state index in [1.54, 1.807) is 19.9 Å². The molecule has 0 radical (unpaired) electrons. The van der Waals surface area contributed by atoms with Crippen LogP contribution in [-0.2, 0) is 9.53 Å². The maximum Gasteiger partial charge on any atom is 0.329 e. The van der Waals surface area contributed by atoms with E-state index < -0.39 is 17.4 Å². The van der Waals surface area contributed by atoms with Crippen molar-refractivity contribution in [2.75, 3.05) is 13.2 Å². The summed E-state index contributed by atoms with van der Waals surface area (Å²) in [5, 5.41) is 12.2. The number of carbonyl (C=O) groups is 2. The van der Waals surface area contributed by atoms with Crippen molar-refractivity contribution in [1.82, 2.24) is 10.3 Å². The summed E-state index contributed by atoms with van der Waals surface area (Å²) in [6.07, 6.45) is 4.85. The Bertz CT molecular complexity index is 692. The van der Waals surface area contributed by atoms with Gasteiger partial charge in [0.25, 0.3) is 5.91 Å². The molecule has 7 heteroatoms. The number of nitrogens with one attached hydrogen (secondary N) is 1. The van der Waals surface area contributed by atoms with Gasteiger partial charge in [0.1, 0.15) is 17.8 Å². The Morgan fingerprint density at radius 3 is 2.59 bits per heavy atom. The van der Waals surface area contributed by atoms with E-state index in [2.05, 4.69) is 10.3 Å². The Balaban J connectivity index is 1.77. The van der Waals surface area contributed by atoms with E-state index in [0.717, 1.165) is 37.9 Å². The van der Waals surface area contributed by atoms with Crippen LogP contribution in [0.3, 0.4) is 0 Å². The fourth-order valence-electron chi connectivity index (χ4n) is 3.41. The quantitative estimate of drug-likeness (QED) is 0.688. The molecule has 2 heterocycles. The Morgan fingerprint density at radius 2 is 2.04 bits per heavy atom. The summed E-state index contributed by atoms with van der Waals surface area (Å²) in [7, 11) is 0. The van der Waals surface area contributed by atoms with Crippen molar-refractivity contribution >= 4 is 11.9 Å². The molecular formula is C20H28N2O5. The number of pyridine rings is 1. The van der Waals surface area contributed by atoms with Gasteiger partial charge in [-0.05, 0) is 50.5 Å². The van der Waals surface area contributed by atoms with E-state index in [1.807, 2.05) is 6.07 Å². The number of aliphatic carboxylic acids is 1. The number of aromatic nitrogens is 1. The van der Waals surface area contributed by atoms with Crippen molar-refractivity contribution in [2.24, 2.45) is 0 Å². The van der Waals surface area contributed by atoms with Gasteiger partial charge >= 0.3 is 5.97 Å². The molecule has 2 N–H and O–H groups in total. The number of carboxylic acids is 1. The lowest BCUT2D eigenvalue weighted by atomic mass is 9.92. The Kier molecular flexibility index (Phi) is 5.99. The van der Waals surface area contributed by atoms with Crippen molar-refractivity contribution in [2.45, 2.75) is 69.9 Å². The van der Waals surface area contributed by atoms with Crippen LogP contribution in [0.15, 0.2) is 12.1 Å². The number of rotatable bonds is 9. The van der Waals surface area contributed by atoms with Gasteiger partial charge in [-0.25, -0.2) is 9.78 Å². The van der Waals surface area contributed by atoms with Crippen LogP contribution in [0.5, 0.6) is 5.88 Å². The van der Waals surface area contributed by atoms with Crippen LogP contribution in [0.1, 0.15) is 74.3 Å². The molecule has 1 aromatic heterocycles. The van der Waals surface area contributed by atoms with Crippen molar-refractivity contribution in [3.63, 3.8) is 0 Å². The van der Waals surface area contributed by atoms with Gasteiger partial charge in [0, 0.05) is 12.2 Å². The first-order valence-electron chi connectivity index (χ1n) is 9.80. The average Bonchev–Trinajstić information content (AvgIpc) is 3.39. The molecule has 1 unspecified atom stereocenters. The second-order valence-corrected chi connectivity index (χ2v) is 7.36. The SMILES string of the molecule is CCC(CC)(NC(=O)c1ccc(C2CC2)c(OCC2CCCO2)n1)C(=O)O. The van der Waals surface area contributed by atoms with Crippen molar-refractivity contribution in [3.8, 4) is 5.88 Å².